The molecule has 8 nitrogen and oxygen atoms in total. The number of allylic oxidation sites excluding steroid dienone is 1. The number of carbonyl (C=O) groups is 2. The van der Waals surface area contributed by atoms with Crippen molar-refractivity contribution in [3.8, 4) is 0 Å². The second kappa shape index (κ2) is 14.0. The van der Waals surface area contributed by atoms with Crippen molar-refractivity contribution in [3.05, 3.63) is 29.9 Å². The first kappa shape index (κ1) is 33.5. The summed E-state index contributed by atoms with van der Waals surface area (Å²) in [6.45, 7) is 13.6. The monoisotopic (exact) mass is 635 g/mol. The van der Waals surface area contributed by atoms with E-state index in [0.717, 1.165) is 60.5 Å². The lowest BCUT2D eigenvalue weighted by atomic mass is 9.47. The van der Waals surface area contributed by atoms with Gasteiger partial charge in [-0.2, -0.15) is 0 Å². The zero-order valence-electron chi connectivity index (χ0n) is 29.2. The number of H-pyrrole nitrogens is 1. The third-order valence-electron chi connectivity index (χ3n) is 13.6. The van der Waals surface area contributed by atoms with Gasteiger partial charge in [0.25, 0.3) is 0 Å². The molecule has 3 saturated carbocycles. The van der Waals surface area contributed by atoms with Crippen LogP contribution in [0, 0.1) is 46.3 Å². The number of hydrogen-bond donors (Lipinski definition) is 4. The van der Waals surface area contributed by atoms with Crippen molar-refractivity contribution in [2.45, 2.75) is 136 Å². The number of aromatic amines is 1. The van der Waals surface area contributed by atoms with E-state index in [-0.39, 0.29) is 35.6 Å². The van der Waals surface area contributed by atoms with Gasteiger partial charge in [0.15, 0.2) is 0 Å². The number of alkyl carbamates (subject to hydrolysis) is 1. The largest absolute Gasteiger partial charge is 0.446 e. The highest BCUT2D eigenvalue weighted by Crippen LogP contribution is 2.67. The smallest absolute Gasteiger partial charge is 0.407 e. The lowest BCUT2D eigenvalue weighted by Crippen LogP contribution is -2.51. The highest BCUT2D eigenvalue weighted by atomic mass is 16.6. The molecular formula is C38H61N5O3. The van der Waals surface area contributed by atoms with E-state index in [1.165, 1.54) is 51.4 Å². The topological polar surface area (TPSA) is 108 Å². The average Bonchev–Trinajstić information content (AvgIpc) is 3.77. The summed E-state index contributed by atoms with van der Waals surface area (Å²) in [5.41, 5.74) is 3.30. The molecule has 4 unspecified atom stereocenters. The number of nitrogens with one attached hydrogen (secondary N) is 4. The zero-order valence-corrected chi connectivity index (χ0v) is 29.2. The Bertz CT molecular complexity index is 1230. The quantitative estimate of drug-likeness (QED) is 0.197. The summed E-state index contributed by atoms with van der Waals surface area (Å²) in [5.74, 6) is 4.96. The Morgan fingerprint density at radius 2 is 1.93 bits per heavy atom. The zero-order chi connectivity index (χ0) is 32.5. The molecule has 4 N–H and O–H groups in total. The van der Waals surface area contributed by atoms with E-state index in [4.69, 9.17) is 4.74 Å². The molecule has 1 aromatic heterocycles. The van der Waals surface area contributed by atoms with Crippen LogP contribution in [0.5, 0.6) is 0 Å². The molecule has 0 radical (unpaired) electrons. The van der Waals surface area contributed by atoms with Crippen LogP contribution in [0.3, 0.4) is 0 Å². The lowest BCUT2D eigenvalue weighted by Gasteiger charge is -2.58. The SMILES string of the molecule is CC(C)CCC[C@@H](C)[C@H]1CCC2C3CC=C4CC(OC(=O)N[C@@H]5CN[C@H](C(=O)NCCc6cnc[nH]6)C5)CC[C@]4(C)C3CC[C@@]21C. The van der Waals surface area contributed by atoms with Gasteiger partial charge < -0.3 is 25.7 Å². The van der Waals surface area contributed by atoms with Gasteiger partial charge in [0, 0.05) is 43.9 Å². The molecule has 0 aromatic carbocycles. The number of fused-ring (bicyclic) bond motifs is 5. The van der Waals surface area contributed by atoms with E-state index in [1.54, 1.807) is 18.1 Å². The van der Waals surface area contributed by atoms with Crippen LogP contribution in [0.15, 0.2) is 24.2 Å². The summed E-state index contributed by atoms with van der Waals surface area (Å²) < 4.78 is 6.03. The van der Waals surface area contributed by atoms with E-state index in [2.05, 4.69) is 66.6 Å². The Balaban J connectivity index is 0.975. The molecule has 8 heteroatoms. The van der Waals surface area contributed by atoms with Crippen LogP contribution in [-0.2, 0) is 16.0 Å². The summed E-state index contributed by atoms with van der Waals surface area (Å²) in [6, 6.07) is -0.410. The molecule has 10 atom stereocenters. The number of aromatic nitrogens is 2. The van der Waals surface area contributed by atoms with E-state index in [1.807, 2.05) is 0 Å². The van der Waals surface area contributed by atoms with Crippen LogP contribution in [0.25, 0.3) is 0 Å². The van der Waals surface area contributed by atoms with E-state index < -0.39 is 0 Å². The van der Waals surface area contributed by atoms with Gasteiger partial charge in [-0.25, -0.2) is 9.78 Å². The molecule has 4 fully saturated rings. The fourth-order valence-electron chi connectivity index (χ4n) is 11.0. The molecule has 2 heterocycles. The number of ether oxygens (including phenoxy) is 1. The third-order valence-corrected chi connectivity index (χ3v) is 13.6. The Labute approximate surface area is 277 Å². The molecule has 0 bridgehead atoms. The van der Waals surface area contributed by atoms with Crippen LogP contribution in [-0.4, -0.2) is 53.2 Å². The number of rotatable bonds is 11. The van der Waals surface area contributed by atoms with Crippen molar-refractivity contribution in [2.75, 3.05) is 13.1 Å². The number of nitrogens with zero attached hydrogens (tertiary/aromatic N) is 1. The van der Waals surface area contributed by atoms with Crippen molar-refractivity contribution in [1.29, 1.82) is 0 Å². The van der Waals surface area contributed by atoms with Crippen molar-refractivity contribution < 1.29 is 14.3 Å². The second-order valence-electron chi connectivity index (χ2n) is 16.7. The maximum absolute atomic E-state index is 13.0. The summed E-state index contributed by atoms with van der Waals surface area (Å²) in [4.78, 5) is 32.6. The molecule has 46 heavy (non-hydrogen) atoms. The van der Waals surface area contributed by atoms with Gasteiger partial charge in [-0.1, -0.05) is 65.5 Å². The van der Waals surface area contributed by atoms with Crippen molar-refractivity contribution in [2.24, 2.45) is 46.3 Å². The minimum absolute atomic E-state index is 0.0291. The summed E-state index contributed by atoms with van der Waals surface area (Å²) in [6.07, 6.45) is 20.7. The first-order chi connectivity index (χ1) is 22.1. The molecule has 6 rings (SSSR count). The van der Waals surface area contributed by atoms with Crippen molar-refractivity contribution in [3.63, 3.8) is 0 Å². The minimum atomic E-state index is -0.345. The number of amides is 2. The van der Waals surface area contributed by atoms with Crippen LogP contribution >= 0.6 is 0 Å². The van der Waals surface area contributed by atoms with Crippen molar-refractivity contribution in [1.82, 2.24) is 25.9 Å². The molecule has 1 aliphatic heterocycles. The Hall–Kier alpha value is -2.35. The van der Waals surface area contributed by atoms with Gasteiger partial charge in [-0.3, -0.25) is 4.79 Å². The highest BCUT2D eigenvalue weighted by Gasteiger charge is 2.59. The predicted molar refractivity (Wildman–Crippen MR) is 182 cm³/mol. The standard InChI is InChI=1S/C38H61N5O3/c1-24(2)7-6-8-25(3)31-11-12-32-30-10-9-26-19-29(13-16-37(26,4)33(30)14-17-38(31,32)5)46-36(45)43-28-20-34(41-22-28)35(44)40-18-15-27-21-39-23-42-27/h9,21,23-25,28-34,41H,6-8,10-20,22H2,1-5H3,(H,39,42)(H,40,44)(H,43,45)/t25-,28+,29?,30?,31-,32?,33?,34+,37+,38-/m1/s1. The second-order valence-corrected chi connectivity index (χ2v) is 16.7. The summed E-state index contributed by atoms with van der Waals surface area (Å²) in [5, 5.41) is 9.28. The fourth-order valence-corrected chi connectivity index (χ4v) is 11.0. The molecular weight excluding hydrogens is 574 g/mol. The highest BCUT2D eigenvalue weighted by molar-refractivity contribution is 5.82. The average molecular weight is 636 g/mol. The first-order valence-corrected chi connectivity index (χ1v) is 18.7. The van der Waals surface area contributed by atoms with Gasteiger partial charge >= 0.3 is 6.09 Å². The maximum Gasteiger partial charge on any atom is 0.407 e. The number of imidazole rings is 1. The molecule has 4 aliphatic carbocycles. The Morgan fingerprint density at radius 3 is 2.72 bits per heavy atom. The van der Waals surface area contributed by atoms with Gasteiger partial charge in [0.2, 0.25) is 5.91 Å². The molecule has 5 aliphatic rings. The van der Waals surface area contributed by atoms with Crippen LogP contribution in [0.1, 0.15) is 117 Å². The summed E-state index contributed by atoms with van der Waals surface area (Å²) >= 11 is 0. The normalized spacial score (nSPS) is 37.5. The van der Waals surface area contributed by atoms with Gasteiger partial charge in [0.05, 0.1) is 12.4 Å². The maximum atomic E-state index is 13.0. The molecule has 2 amide bonds. The summed E-state index contributed by atoms with van der Waals surface area (Å²) in [7, 11) is 0. The first-order valence-electron chi connectivity index (χ1n) is 18.7. The Morgan fingerprint density at radius 1 is 1.09 bits per heavy atom. The molecule has 1 saturated heterocycles. The van der Waals surface area contributed by atoms with E-state index in [9.17, 15) is 9.59 Å². The van der Waals surface area contributed by atoms with E-state index in [0.29, 0.717) is 31.3 Å². The predicted octanol–water partition coefficient (Wildman–Crippen LogP) is 6.94. The van der Waals surface area contributed by atoms with E-state index >= 15 is 0 Å². The molecule has 256 valence electrons. The van der Waals surface area contributed by atoms with Crippen LogP contribution in [0.2, 0.25) is 0 Å². The van der Waals surface area contributed by atoms with Gasteiger partial charge in [0.1, 0.15) is 6.10 Å². The molecule has 1 aromatic rings. The number of carbonyl (C=O) groups excluding carboxylic acids is 2. The Kier molecular flexibility index (Phi) is 10.2. The van der Waals surface area contributed by atoms with Crippen LogP contribution < -0.4 is 16.0 Å². The fraction of sp³-hybridized carbons (Fsp3) is 0.816. The van der Waals surface area contributed by atoms with Crippen LogP contribution in [0.4, 0.5) is 4.79 Å². The minimum Gasteiger partial charge on any atom is -0.446 e. The molecule has 0 spiro atoms. The van der Waals surface area contributed by atoms with Gasteiger partial charge in [-0.15, -0.1) is 0 Å². The van der Waals surface area contributed by atoms with Crippen molar-refractivity contribution >= 4 is 12.0 Å². The third kappa shape index (κ3) is 6.93. The number of hydrogen-bond acceptors (Lipinski definition) is 5. The lowest BCUT2D eigenvalue weighted by molar-refractivity contribution is -0.122. The van der Waals surface area contributed by atoms with Gasteiger partial charge in [-0.05, 0) is 97.7 Å².